The maximum Gasteiger partial charge on any atom is 0.357 e. The molecule has 0 aliphatic heterocycles. The Morgan fingerprint density at radius 1 is 1.35 bits per heavy atom. The van der Waals surface area contributed by atoms with Gasteiger partial charge < -0.3 is 14.4 Å². The van der Waals surface area contributed by atoms with Gasteiger partial charge in [0.05, 0.1) is 13.7 Å². The first-order chi connectivity index (χ1) is 12.5. The van der Waals surface area contributed by atoms with Gasteiger partial charge in [-0.25, -0.2) is 9.78 Å². The van der Waals surface area contributed by atoms with Crippen molar-refractivity contribution in [2.75, 3.05) is 26.9 Å². The van der Waals surface area contributed by atoms with E-state index in [-0.39, 0.29) is 11.6 Å². The zero-order valence-corrected chi connectivity index (χ0v) is 16.3. The fourth-order valence-corrected chi connectivity index (χ4v) is 3.27. The SMILES string of the molecule is CCOCCCN(Cc1nc(C(=O)OC)cs1)C(=O)c1cccc(Cl)c1. The largest absolute Gasteiger partial charge is 0.464 e. The summed E-state index contributed by atoms with van der Waals surface area (Å²) in [6, 6.07) is 6.83. The van der Waals surface area contributed by atoms with Gasteiger partial charge in [0.1, 0.15) is 5.01 Å². The van der Waals surface area contributed by atoms with Crippen LogP contribution in [0.5, 0.6) is 0 Å². The molecule has 2 rings (SSSR count). The average molecular weight is 397 g/mol. The van der Waals surface area contributed by atoms with Crippen molar-refractivity contribution in [2.24, 2.45) is 0 Å². The summed E-state index contributed by atoms with van der Waals surface area (Å²) >= 11 is 7.32. The predicted octanol–water partition coefficient (Wildman–Crippen LogP) is 3.65. The Bertz CT molecular complexity index is 750. The first-order valence-corrected chi connectivity index (χ1v) is 9.46. The van der Waals surface area contributed by atoms with Gasteiger partial charge in [-0.2, -0.15) is 0 Å². The van der Waals surface area contributed by atoms with Crippen LogP contribution in [0.4, 0.5) is 0 Å². The molecular weight excluding hydrogens is 376 g/mol. The Balaban J connectivity index is 2.13. The average Bonchev–Trinajstić information content (AvgIpc) is 3.11. The number of hydrogen-bond donors (Lipinski definition) is 0. The number of aromatic nitrogens is 1. The minimum atomic E-state index is -0.489. The lowest BCUT2D eigenvalue weighted by molar-refractivity contribution is 0.0594. The summed E-state index contributed by atoms with van der Waals surface area (Å²) in [5, 5.41) is 2.80. The molecule has 0 radical (unpaired) electrons. The molecule has 0 aliphatic carbocycles. The highest BCUT2D eigenvalue weighted by molar-refractivity contribution is 7.09. The summed E-state index contributed by atoms with van der Waals surface area (Å²) in [5.41, 5.74) is 0.760. The topological polar surface area (TPSA) is 68.7 Å². The summed E-state index contributed by atoms with van der Waals surface area (Å²) in [5.74, 6) is -0.629. The molecule has 1 aromatic heterocycles. The van der Waals surface area contributed by atoms with Crippen molar-refractivity contribution in [3.63, 3.8) is 0 Å². The van der Waals surface area contributed by atoms with Crippen molar-refractivity contribution in [1.82, 2.24) is 9.88 Å². The molecular formula is C18H21ClN2O4S. The molecule has 8 heteroatoms. The number of nitrogens with zero attached hydrogens (tertiary/aromatic N) is 2. The number of halogens is 1. The van der Waals surface area contributed by atoms with Crippen LogP contribution >= 0.6 is 22.9 Å². The zero-order chi connectivity index (χ0) is 18.9. The molecule has 2 aromatic rings. The summed E-state index contributed by atoms with van der Waals surface area (Å²) < 4.78 is 10.0. The number of hydrogen-bond acceptors (Lipinski definition) is 6. The minimum absolute atomic E-state index is 0.140. The number of benzene rings is 1. The molecule has 1 amide bonds. The molecule has 0 aliphatic rings. The van der Waals surface area contributed by atoms with Crippen LogP contribution in [0.25, 0.3) is 0 Å². The molecule has 0 saturated carbocycles. The molecule has 0 spiro atoms. The Kier molecular flexibility index (Phi) is 8.03. The number of esters is 1. The van der Waals surface area contributed by atoms with Gasteiger partial charge in [0.15, 0.2) is 5.69 Å². The standard InChI is InChI=1S/C18H21ClN2O4S/c1-3-25-9-5-8-21(17(22)13-6-4-7-14(19)10-13)11-16-20-15(12-26-16)18(23)24-2/h4,6-7,10,12H,3,5,8-9,11H2,1-2H3. The van der Waals surface area contributed by atoms with Crippen molar-refractivity contribution < 1.29 is 19.1 Å². The Morgan fingerprint density at radius 2 is 2.15 bits per heavy atom. The van der Waals surface area contributed by atoms with E-state index in [1.807, 2.05) is 6.92 Å². The third kappa shape index (κ3) is 5.79. The van der Waals surface area contributed by atoms with E-state index in [1.54, 1.807) is 34.5 Å². The van der Waals surface area contributed by atoms with E-state index in [2.05, 4.69) is 9.72 Å². The number of rotatable bonds is 9. The summed E-state index contributed by atoms with van der Waals surface area (Å²) in [6.45, 7) is 3.95. The van der Waals surface area contributed by atoms with E-state index in [4.69, 9.17) is 16.3 Å². The second kappa shape index (κ2) is 10.3. The van der Waals surface area contributed by atoms with Gasteiger partial charge in [-0.05, 0) is 31.5 Å². The minimum Gasteiger partial charge on any atom is -0.464 e. The van der Waals surface area contributed by atoms with E-state index in [9.17, 15) is 9.59 Å². The lowest BCUT2D eigenvalue weighted by Crippen LogP contribution is -2.32. The molecule has 1 aromatic carbocycles. The number of amides is 1. The fourth-order valence-electron chi connectivity index (χ4n) is 2.30. The third-order valence-corrected chi connectivity index (χ3v) is 4.62. The van der Waals surface area contributed by atoms with Crippen LogP contribution in [0, 0.1) is 0 Å². The molecule has 0 bridgehead atoms. The number of thiazole rings is 1. The molecule has 0 atom stereocenters. The number of carbonyl (C=O) groups excluding carboxylic acids is 2. The molecule has 26 heavy (non-hydrogen) atoms. The van der Waals surface area contributed by atoms with Gasteiger partial charge >= 0.3 is 5.97 Å². The molecule has 0 N–H and O–H groups in total. The molecule has 140 valence electrons. The lowest BCUT2D eigenvalue weighted by Gasteiger charge is -2.22. The second-order valence-electron chi connectivity index (χ2n) is 5.41. The van der Waals surface area contributed by atoms with Gasteiger partial charge in [-0.15, -0.1) is 11.3 Å². The second-order valence-corrected chi connectivity index (χ2v) is 6.78. The molecule has 0 fully saturated rings. The number of ether oxygens (including phenoxy) is 2. The highest BCUT2D eigenvalue weighted by atomic mass is 35.5. The first kappa shape index (κ1) is 20.4. The Morgan fingerprint density at radius 3 is 2.85 bits per heavy atom. The Labute approximate surface area is 161 Å². The van der Waals surface area contributed by atoms with Crippen LogP contribution < -0.4 is 0 Å². The molecule has 6 nitrogen and oxygen atoms in total. The monoisotopic (exact) mass is 396 g/mol. The van der Waals surface area contributed by atoms with E-state index >= 15 is 0 Å². The maximum atomic E-state index is 12.9. The normalized spacial score (nSPS) is 10.6. The first-order valence-electron chi connectivity index (χ1n) is 8.20. The highest BCUT2D eigenvalue weighted by Crippen LogP contribution is 2.17. The van der Waals surface area contributed by atoms with Gasteiger partial charge in [0, 0.05) is 35.7 Å². The van der Waals surface area contributed by atoms with Crippen LogP contribution in [0.3, 0.4) is 0 Å². The van der Waals surface area contributed by atoms with Crippen molar-refractivity contribution in [1.29, 1.82) is 0 Å². The maximum absolute atomic E-state index is 12.9. The van der Waals surface area contributed by atoms with Gasteiger partial charge in [0.2, 0.25) is 0 Å². The van der Waals surface area contributed by atoms with E-state index < -0.39 is 5.97 Å². The lowest BCUT2D eigenvalue weighted by atomic mass is 10.2. The van der Waals surface area contributed by atoms with Crippen LogP contribution in [-0.4, -0.2) is 48.6 Å². The van der Waals surface area contributed by atoms with Crippen molar-refractivity contribution >= 4 is 34.8 Å². The van der Waals surface area contributed by atoms with Gasteiger partial charge in [0.25, 0.3) is 5.91 Å². The quantitative estimate of drug-likeness (QED) is 0.478. The molecule has 1 heterocycles. The summed E-state index contributed by atoms with van der Waals surface area (Å²) in [6.07, 6.45) is 0.704. The van der Waals surface area contributed by atoms with Crippen LogP contribution in [-0.2, 0) is 16.0 Å². The van der Waals surface area contributed by atoms with Crippen LogP contribution in [0.15, 0.2) is 29.6 Å². The number of methoxy groups -OCH3 is 1. The van der Waals surface area contributed by atoms with Crippen molar-refractivity contribution in [3.8, 4) is 0 Å². The molecule has 0 saturated heterocycles. The summed E-state index contributed by atoms with van der Waals surface area (Å²) in [7, 11) is 1.31. The van der Waals surface area contributed by atoms with E-state index in [0.717, 1.165) is 0 Å². The fraction of sp³-hybridized carbons (Fsp3) is 0.389. The highest BCUT2D eigenvalue weighted by Gasteiger charge is 2.19. The summed E-state index contributed by atoms with van der Waals surface area (Å²) in [4.78, 5) is 30.4. The number of carbonyl (C=O) groups is 2. The van der Waals surface area contributed by atoms with E-state index in [1.165, 1.54) is 18.4 Å². The third-order valence-electron chi connectivity index (χ3n) is 3.55. The predicted molar refractivity (Wildman–Crippen MR) is 101 cm³/mol. The zero-order valence-electron chi connectivity index (χ0n) is 14.7. The molecule has 0 unspecified atom stereocenters. The van der Waals surface area contributed by atoms with Crippen molar-refractivity contribution in [2.45, 2.75) is 19.9 Å². The van der Waals surface area contributed by atoms with Crippen LogP contribution in [0.1, 0.15) is 39.2 Å². The van der Waals surface area contributed by atoms with Crippen LogP contribution in [0.2, 0.25) is 5.02 Å². The van der Waals surface area contributed by atoms with Gasteiger partial charge in [-0.3, -0.25) is 4.79 Å². The smallest absolute Gasteiger partial charge is 0.357 e. The van der Waals surface area contributed by atoms with E-state index in [0.29, 0.717) is 48.3 Å². The van der Waals surface area contributed by atoms with Crippen molar-refractivity contribution in [3.05, 3.63) is 50.9 Å². The van der Waals surface area contributed by atoms with Gasteiger partial charge in [-0.1, -0.05) is 17.7 Å². The Hall–Kier alpha value is -1.96.